The standard InChI is InChI=1S/C13H15N3O3/c17-11-6-5-10(12(18)15-11)16-7-8-3-1-2-4-9(8)14-13(16)19/h1-4,10,13-14,19H,5-7H2,(H,15,17,18). The molecule has 2 aliphatic heterocycles. The molecule has 1 aromatic carbocycles. The van der Waals surface area contributed by atoms with Gasteiger partial charge in [-0.2, -0.15) is 0 Å². The number of carbonyl (C=O) groups is 2. The number of nitrogens with one attached hydrogen (secondary N) is 2. The first kappa shape index (κ1) is 12.1. The third kappa shape index (κ3) is 2.20. The molecule has 3 rings (SSSR count). The SMILES string of the molecule is O=C1CCC(N2Cc3ccccc3NC2O)C(=O)N1. The Balaban J connectivity index is 1.82. The number of aliphatic hydroxyl groups is 1. The van der Waals surface area contributed by atoms with Crippen LogP contribution in [0, 0.1) is 0 Å². The number of para-hydroxylation sites is 1. The van der Waals surface area contributed by atoms with E-state index < -0.39 is 12.4 Å². The summed E-state index contributed by atoms with van der Waals surface area (Å²) in [6.07, 6.45) is -0.175. The summed E-state index contributed by atoms with van der Waals surface area (Å²) in [5.74, 6) is -0.586. The molecule has 2 heterocycles. The predicted octanol–water partition coefficient (Wildman–Crippen LogP) is -0.00480. The van der Waals surface area contributed by atoms with Gasteiger partial charge in [0.1, 0.15) is 0 Å². The van der Waals surface area contributed by atoms with Crippen molar-refractivity contribution in [2.75, 3.05) is 5.32 Å². The molecule has 1 saturated heterocycles. The minimum Gasteiger partial charge on any atom is -0.361 e. The zero-order chi connectivity index (χ0) is 13.4. The van der Waals surface area contributed by atoms with Crippen LogP contribution in [0.15, 0.2) is 24.3 Å². The van der Waals surface area contributed by atoms with Crippen LogP contribution in [0.1, 0.15) is 18.4 Å². The van der Waals surface area contributed by atoms with E-state index in [1.807, 2.05) is 24.3 Å². The van der Waals surface area contributed by atoms with E-state index in [0.29, 0.717) is 19.4 Å². The predicted molar refractivity (Wildman–Crippen MR) is 67.8 cm³/mol. The molecule has 6 nitrogen and oxygen atoms in total. The van der Waals surface area contributed by atoms with Gasteiger partial charge in [-0.1, -0.05) is 18.2 Å². The third-order valence-electron chi connectivity index (χ3n) is 3.58. The molecular weight excluding hydrogens is 246 g/mol. The molecule has 0 spiro atoms. The normalized spacial score (nSPS) is 27.4. The van der Waals surface area contributed by atoms with Crippen molar-refractivity contribution in [3.05, 3.63) is 29.8 Å². The van der Waals surface area contributed by atoms with Crippen LogP contribution in [0.5, 0.6) is 0 Å². The summed E-state index contributed by atoms with van der Waals surface area (Å²) in [6.45, 7) is 0.483. The van der Waals surface area contributed by atoms with E-state index in [0.717, 1.165) is 11.3 Å². The van der Waals surface area contributed by atoms with Gasteiger partial charge in [-0.25, -0.2) is 4.90 Å². The minimum atomic E-state index is -0.918. The first-order chi connectivity index (χ1) is 9.15. The highest BCUT2D eigenvalue weighted by atomic mass is 16.3. The highest BCUT2D eigenvalue weighted by molar-refractivity contribution is 6.00. The number of hydrogen-bond donors (Lipinski definition) is 3. The molecule has 2 aliphatic rings. The molecule has 100 valence electrons. The van der Waals surface area contributed by atoms with E-state index >= 15 is 0 Å². The third-order valence-corrected chi connectivity index (χ3v) is 3.58. The number of nitrogens with zero attached hydrogens (tertiary/aromatic N) is 1. The molecule has 1 fully saturated rings. The van der Waals surface area contributed by atoms with Crippen molar-refractivity contribution in [1.29, 1.82) is 0 Å². The van der Waals surface area contributed by atoms with Crippen LogP contribution in [0.3, 0.4) is 0 Å². The topological polar surface area (TPSA) is 81.7 Å². The maximum absolute atomic E-state index is 11.8. The first-order valence-corrected chi connectivity index (χ1v) is 6.27. The van der Waals surface area contributed by atoms with Crippen molar-refractivity contribution >= 4 is 17.5 Å². The van der Waals surface area contributed by atoms with Gasteiger partial charge in [0.15, 0.2) is 6.35 Å². The Bertz CT molecular complexity index is 532. The van der Waals surface area contributed by atoms with E-state index in [4.69, 9.17) is 0 Å². The summed E-state index contributed by atoms with van der Waals surface area (Å²) in [4.78, 5) is 24.7. The summed E-state index contributed by atoms with van der Waals surface area (Å²) in [7, 11) is 0. The lowest BCUT2D eigenvalue weighted by atomic mass is 10.0. The molecule has 1 aromatic rings. The van der Waals surface area contributed by atoms with Crippen molar-refractivity contribution in [2.45, 2.75) is 31.8 Å². The number of fused-ring (bicyclic) bond motifs is 1. The Labute approximate surface area is 110 Å². The van der Waals surface area contributed by atoms with Crippen LogP contribution < -0.4 is 10.6 Å². The molecule has 6 heteroatoms. The molecule has 0 bridgehead atoms. The summed E-state index contributed by atoms with van der Waals surface area (Å²) in [5.41, 5.74) is 1.90. The first-order valence-electron chi connectivity index (χ1n) is 6.27. The van der Waals surface area contributed by atoms with Crippen LogP contribution in [0.4, 0.5) is 5.69 Å². The van der Waals surface area contributed by atoms with E-state index in [9.17, 15) is 14.7 Å². The van der Waals surface area contributed by atoms with Crippen molar-refractivity contribution in [1.82, 2.24) is 10.2 Å². The quantitative estimate of drug-likeness (QED) is 0.620. The highest BCUT2D eigenvalue weighted by Crippen LogP contribution is 2.27. The van der Waals surface area contributed by atoms with Gasteiger partial charge in [0, 0.05) is 18.7 Å². The maximum Gasteiger partial charge on any atom is 0.244 e. The Morgan fingerprint density at radius 1 is 1.26 bits per heavy atom. The summed E-state index contributed by atoms with van der Waals surface area (Å²) in [5, 5.41) is 15.4. The van der Waals surface area contributed by atoms with E-state index in [1.54, 1.807) is 4.90 Å². The number of hydrogen-bond acceptors (Lipinski definition) is 5. The highest BCUT2D eigenvalue weighted by Gasteiger charge is 2.37. The lowest BCUT2D eigenvalue weighted by Crippen LogP contribution is -2.58. The number of aliphatic hydroxyl groups excluding tert-OH is 1. The summed E-state index contributed by atoms with van der Waals surface area (Å²) >= 11 is 0. The number of carbonyl (C=O) groups excluding carboxylic acids is 2. The second-order valence-corrected chi connectivity index (χ2v) is 4.81. The lowest BCUT2D eigenvalue weighted by Gasteiger charge is -2.40. The number of amides is 2. The van der Waals surface area contributed by atoms with Gasteiger partial charge in [0.05, 0.1) is 6.04 Å². The fraction of sp³-hybridized carbons (Fsp3) is 0.385. The second kappa shape index (κ2) is 4.64. The van der Waals surface area contributed by atoms with E-state index in [1.165, 1.54) is 0 Å². The van der Waals surface area contributed by atoms with Crippen molar-refractivity contribution < 1.29 is 14.7 Å². The van der Waals surface area contributed by atoms with Crippen LogP contribution in [0.2, 0.25) is 0 Å². The zero-order valence-corrected chi connectivity index (χ0v) is 10.3. The molecular formula is C13H15N3O3. The van der Waals surface area contributed by atoms with Crippen molar-refractivity contribution in [2.24, 2.45) is 0 Å². The lowest BCUT2D eigenvalue weighted by molar-refractivity contribution is -0.141. The van der Waals surface area contributed by atoms with Crippen molar-refractivity contribution in [3.63, 3.8) is 0 Å². The molecule has 0 aliphatic carbocycles. The Kier molecular flexibility index (Phi) is 2.96. The molecule has 2 atom stereocenters. The second-order valence-electron chi connectivity index (χ2n) is 4.81. The minimum absolute atomic E-state index is 0.249. The van der Waals surface area contributed by atoms with Gasteiger partial charge in [-0.15, -0.1) is 0 Å². The average Bonchev–Trinajstić information content (AvgIpc) is 2.38. The maximum atomic E-state index is 11.8. The smallest absolute Gasteiger partial charge is 0.244 e. The van der Waals surface area contributed by atoms with Crippen LogP contribution in [-0.2, 0) is 16.1 Å². The van der Waals surface area contributed by atoms with E-state index in [-0.39, 0.29) is 11.8 Å². The molecule has 2 unspecified atom stereocenters. The fourth-order valence-electron chi connectivity index (χ4n) is 2.58. The number of piperidine rings is 1. The van der Waals surface area contributed by atoms with Gasteiger partial charge in [-0.05, 0) is 18.1 Å². The van der Waals surface area contributed by atoms with E-state index in [2.05, 4.69) is 10.6 Å². The molecule has 0 aromatic heterocycles. The Morgan fingerprint density at radius 2 is 2.05 bits per heavy atom. The molecule has 19 heavy (non-hydrogen) atoms. The molecule has 0 saturated carbocycles. The number of imide groups is 1. The van der Waals surface area contributed by atoms with Gasteiger partial charge < -0.3 is 10.4 Å². The average molecular weight is 261 g/mol. The Morgan fingerprint density at radius 3 is 2.84 bits per heavy atom. The fourth-order valence-corrected chi connectivity index (χ4v) is 2.58. The van der Waals surface area contributed by atoms with Gasteiger partial charge in [0.25, 0.3) is 0 Å². The number of anilines is 1. The largest absolute Gasteiger partial charge is 0.361 e. The molecule has 2 amide bonds. The van der Waals surface area contributed by atoms with Gasteiger partial charge >= 0.3 is 0 Å². The monoisotopic (exact) mass is 261 g/mol. The zero-order valence-electron chi connectivity index (χ0n) is 10.3. The molecule has 0 radical (unpaired) electrons. The van der Waals surface area contributed by atoms with Crippen LogP contribution in [-0.4, -0.2) is 34.2 Å². The van der Waals surface area contributed by atoms with Gasteiger partial charge in [0.2, 0.25) is 11.8 Å². The Hall–Kier alpha value is -1.92. The molecule has 3 N–H and O–H groups in total. The van der Waals surface area contributed by atoms with Crippen molar-refractivity contribution in [3.8, 4) is 0 Å². The van der Waals surface area contributed by atoms with Gasteiger partial charge in [-0.3, -0.25) is 14.9 Å². The summed E-state index contributed by atoms with van der Waals surface area (Å²) in [6, 6.07) is 7.17. The number of benzene rings is 1. The summed E-state index contributed by atoms with van der Waals surface area (Å²) < 4.78 is 0. The number of rotatable bonds is 1. The van der Waals surface area contributed by atoms with Crippen LogP contribution in [0.25, 0.3) is 0 Å². The van der Waals surface area contributed by atoms with Crippen LogP contribution >= 0.6 is 0 Å².